The highest BCUT2D eigenvalue weighted by Crippen LogP contribution is 2.25. The lowest BCUT2D eigenvalue weighted by atomic mass is 10.2. The van der Waals surface area contributed by atoms with E-state index in [1.54, 1.807) is 29.6 Å². The van der Waals surface area contributed by atoms with Gasteiger partial charge in [0.05, 0.1) is 12.5 Å². The number of nitriles is 1. The lowest BCUT2D eigenvalue weighted by Crippen LogP contribution is -2.29. The monoisotopic (exact) mass is 349 g/mol. The molecule has 0 spiro atoms. The molecule has 6 nitrogen and oxygen atoms in total. The maximum Gasteiger partial charge on any atom is 0.358 e. The lowest BCUT2D eigenvalue weighted by molar-refractivity contribution is -0.124. The second kappa shape index (κ2) is 8.27. The van der Waals surface area contributed by atoms with Gasteiger partial charge in [0.15, 0.2) is 12.3 Å². The summed E-state index contributed by atoms with van der Waals surface area (Å²) in [4.78, 5) is 27.4. The standard InChI is InChI=1S/C15H12ClN3O3S/c16-11-4-2-10(3-5-11)14-19-12(9-23-14)15(21)22-8-13(20)18-7-1-6-17/h2-5,9H,1,7-8H2,(H,18,20). The van der Waals surface area contributed by atoms with Crippen molar-refractivity contribution in [2.24, 2.45) is 0 Å². The van der Waals surface area contributed by atoms with Crippen molar-refractivity contribution < 1.29 is 14.3 Å². The number of halogens is 1. The minimum Gasteiger partial charge on any atom is -0.451 e. The zero-order valence-corrected chi connectivity index (χ0v) is 13.5. The molecule has 1 aromatic carbocycles. The highest BCUT2D eigenvalue weighted by Gasteiger charge is 2.14. The van der Waals surface area contributed by atoms with Crippen molar-refractivity contribution in [3.63, 3.8) is 0 Å². The minimum absolute atomic E-state index is 0.143. The Bertz CT molecular complexity index is 737. The van der Waals surface area contributed by atoms with Crippen LogP contribution in [0.15, 0.2) is 29.6 Å². The summed E-state index contributed by atoms with van der Waals surface area (Å²) < 4.78 is 4.88. The van der Waals surface area contributed by atoms with Gasteiger partial charge < -0.3 is 10.1 Å². The number of carbonyl (C=O) groups excluding carboxylic acids is 2. The van der Waals surface area contributed by atoms with Crippen LogP contribution in [0.5, 0.6) is 0 Å². The summed E-state index contributed by atoms with van der Waals surface area (Å²) in [5.74, 6) is -1.13. The van der Waals surface area contributed by atoms with E-state index in [2.05, 4.69) is 10.3 Å². The molecule has 0 radical (unpaired) electrons. The van der Waals surface area contributed by atoms with Gasteiger partial charge in [-0.25, -0.2) is 9.78 Å². The molecular formula is C15H12ClN3O3S. The van der Waals surface area contributed by atoms with Gasteiger partial charge in [-0.2, -0.15) is 5.26 Å². The Kier molecular flexibility index (Phi) is 6.09. The Morgan fingerprint density at radius 3 is 2.78 bits per heavy atom. The molecule has 0 fully saturated rings. The van der Waals surface area contributed by atoms with Gasteiger partial charge in [-0.05, 0) is 12.1 Å². The third-order valence-corrected chi connectivity index (χ3v) is 3.84. The number of esters is 1. The number of hydrogen-bond donors (Lipinski definition) is 1. The Balaban J connectivity index is 1.90. The third-order valence-electron chi connectivity index (χ3n) is 2.70. The van der Waals surface area contributed by atoms with E-state index in [-0.39, 0.29) is 18.7 Å². The van der Waals surface area contributed by atoms with Crippen molar-refractivity contribution in [2.45, 2.75) is 6.42 Å². The van der Waals surface area contributed by atoms with Crippen LogP contribution in [0.4, 0.5) is 0 Å². The first-order chi connectivity index (χ1) is 11.1. The molecule has 1 amide bonds. The lowest BCUT2D eigenvalue weighted by Gasteiger charge is -2.03. The molecule has 1 aromatic heterocycles. The van der Waals surface area contributed by atoms with Crippen LogP contribution < -0.4 is 5.32 Å². The number of nitrogens with zero attached hydrogens (tertiary/aromatic N) is 2. The van der Waals surface area contributed by atoms with Gasteiger partial charge >= 0.3 is 5.97 Å². The van der Waals surface area contributed by atoms with E-state index < -0.39 is 18.5 Å². The molecule has 0 aliphatic carbocycles. The van der Waals surface area contributed by atoms with E-state index in [4.69, 9.17) is 21.6 Å². The number of carbonyl (C=O) groups is 2. The summed E-state index contributed by atoms with van der Waals surface area (Å²) in [7, 11) is 0. The fourth-order valence-electron chi connectivity index (χ4n) is 1.61. The maximum absolute atomic E-state index is 11.8. The fourth-order valence-corrected chi connectivity index (χ4v) is 2.53. The first-order valence-electron chi connectivity index (χ1n) is 6.62. The fraction of sp³-hybridized carbons (Fsp3) is 0.200. The largest absolute Gasteiger partial charge is 0.451 e. The SMILES string of the molecule is N#CCCNC(=O)COC(=O)c1csc(-c2ccc(Cl)cc2)n1. The number of benzene rings is 1. The van der Waals surface area contributed by atoms with Crippen molar-refractivity contribution in [1.82, 2.24) is 10.3 Å². The number of nitrogens with one attached hydrogen (secondary N) is 1. The van der Waals surface area contributed by atoms with Crippen LogP contribution in [0.1, 0.15) is 16.9 Å². The molecule has 0 unspecified atom stereocenters. The number of amides is 1. The molecular weight excluding hydrogens is 338 g/mol. The summed E-state index contributed by atoms with van der Waals surface area (Å²) in [6, 6.07) is 8.98. The molecule has 0 aliphatic heterocycles. The number of hydrogen-bond acceptors (Lipinski definition) is 6. The topological polar surface area (TPSA) is 92.1 Å². The third kappa shape index (κ3) is 5.06. The normalized spacial score (nSPS) is 9.91. The summed E-state index contributed by atoms with van der Waals surface area (Å²) >= 11 is 7.12. The predicted molar refractivity (Wildman–Crippen MR) is 86.1 cm³/mol. The van der Waals surface area contributed by atoms with Gasteiger partial charge in [0, 0.05) is 22.5 Å². The molecule has 0 aliphatic rings. The second-order valence-electron chi connectivity index (χ2n) is 4.38. The van der Waals surface area contributed by atoms with Crippen LogP contribution in [0.2, 0.25) is 5.02 Å². The Labute approximate surface area is 141 Å². The molecule has 0 saturated carbocycles. The molecule has 23 heavy (non-hydrogen) atoms. The van der Waals surface area contributed by atoms with Gasteiger partial charge in [0.1, 0.15) is 5.01 Å². The smallest absolute Gasteiger partial charge is 0.358 e. The van der Waals surface area contributed by atoms with Crippen LogP contribution in [0, 0.1) is 11.3 Å². The van der Waals surface area contributed by atoms with Crippen LogP contribution >= 0.6 is 22.9 Å². The van der Waals surface area contributed by atoms with E-state index in [1.807, 2.05) is 6.07 Å². The van der Waals surface area contributed by atoms with E-state index in [1.165, 1.54) is 11.3 Å². The van der Waals surface area contributed by atoms with E-state index in [9.17, 15) is 9.59 Å². The van der Waals surface area contributed by atoms with Crippen LogP contribution in [0.25, 0.3) is 10.6 Å². The highest BCUT2D eigenvalue weighted by atomic mass is 35.5. The van der Waals surface area contributed by atoms with Gasteiger partial charge in [-0.15, -0.1) is 11.3 Å². The van der Waals surface area contributed by atoms with Crippen molar-refractivity contribution in [1.29, 1.82) is 5.26 Å². The molecule has 2 rings (SSSR count). The van der Waals surface area contributed by atoms with Crippen molar-refractivity contribution in [3.8, 4) is 16.6 Å². The quantitative estimate of drug-likeness (QED) is 0.639. The summed E-state index contributed by atoms with van der Waals surface area (Å²) in [5, 5.41) is 13.7. The van der Waals surface area contributed by atoms with Crippen molar-refractivity contribution in [3.05, 3.63) is 40.4 Å². The predicted octanol–water partition coefficient (Wildman–Crippen LogP) is 2.65. The van der Waals surface area contributed by atoms with Crippen LogP contribution in [0.3, 0.4) is 0 Å². The zero-order valence-electron chi connectivity index (χ0n) is 11.9. The molecule has 0 saturated heterocycles. The second-order valence-corrected chi connectivity index (χ2v) is 5.67. The van der Waals surface area contributed by atoms with Gasteiger partial charge in [-0.1, -0.05) is 23.7 Å². The number of aromatic nitrogens is 1. The molecule has 118 valence electrons. The Hall–Kier alpha value is -2.43. The minimum atomic E-state index is -0.670. The number of thiazole rings is 1. The van der Waals surface area contributed by atoms with Crippen molar-refractivity contribution in [2.75, 3.05) is 13.2 Å². The molecule has 8 heteroatoms. The maximum atomic E-state index is 11.8. The van der Waals surface area contributed by atoms with Crippen molar-refractivity contribution >= 4 is 34.8 Å². The van der Waals surface area contributed by atoms with Gasteiger partial charge in [0.25, 0.3) is 5.91 Å². The summed E-state index contributed by atoms with van der Waals surface area (Å²) in [5.41, 5.74) is 0.984. The van der Waals surface area contributed by atoms with Crippen LogP contribution in [-0.2, 0) is 9.53 Å². The summed E-state index contributed by atoms with van der Waals surface area (Å²) in [6.45, 7) is -0.178. The average Bonchev–Trinajstić information content (AvgIpc) is 3.03. The number of rotatable bonds is 6. The molecule has 2 aromatic rings. The van der Waals surface area contributed by atoms with Crippen LogP contribution in [-0.4, -0.2) is 30.0 Å². The van der Waals surface area contributed by atoms with E-state index in [0.29, 0.717) is 10.0 Å². The highest BCUT2D eigenvalue weighted by molar-refractivity contribution is 7.13. The zero-order chi connectivity index (χ0) is 16.7. The molecule has 1 heterocycles. The molecule has 0 atom stereocenters. The molecule has 0 bridgehead atoms. The first-order valence-corrected chi connectivity index (χ1v) is 7.88. The average molecular weight is 350 g/mol. The summed E-state index contributed by atoms with van der Waals surface area (Å²) in [6.07, 6.45) is 0.205. The van der Waals surface area contributed by atoms with E-state index in [0.717, 1.165) is 5.56 Å². The Morgan fingerprint density at radius 2 is 2.09 bits per heavy atom. The van der Waals surface area contributed by atoms with Gasteiger partial charge in [-0.3, -0.25) is 4.79 Å². The first kappa shape index (κ1) is 16.9. The molecule has 1 N–H and O–H groups in total. The number of ether oxygens (including phenoxy) is 1. The van der Waals surface area contributed by atoms with E-state index >= 15 is 0 Å². The van der Waals surface area contributed by atoms with Gasteiger partial charge in [0.2, 0.25) is 0 Å². The Morgan fingerprint density at radius 1 is 1.35 bits per heavy atom.